The third-order valence-corrected chi connectivity index (χ3v) is 3.58. The summed E-state index contributed by atoms with van der Waals surface area (Å²) in [5.41, 5.74) is 2.08. The van der Waals surface area contributed by atoms with Gasteiger partial charge in [0, 0.05) is 18.4 Å². The molecule has 104 valence electrons. The van der Waals surface area contributed by atoms with Gasteiger partial charge < -0.3 is 10.6 Å². The number of rotatable bonds is 4. The number of nitrogen functional groups attached to an aromatic ring is 1. The molecule has 0 radical (unpaired) electrons. The number of hydrogen-bond donors (Lipinski definition) is 1. The third-order valence-electron chi connectivity index (χ3n) is 2.63. The Morgan fingerprint density at radius 1 is 1.45 bits per heavy atom. The Kier molecular flexibility index (Phi) is 4.22. The van der Waals surface area contributed by atoms with Crippen LogP contribution in [0.5, 0.6) is 0 Å². The molecule has 0 aliphatic carbocycles. The van der Waals surface area contributed by atoms with Crippen LogP contribution in [0.2, 0.25) is 0 Å². The minimum atomic E-state index is 0.355. The Morgan fingerprint density at radius 3 is 2.75 bits per heavy atom. The molecule has 0 aliphatic heterocycles. The Bertz CT molecular complexity index is 675. The molecule has 2 heterocycles. The predicted octanol–water partition coefficient (Wildman–Crippen LogP) is 1.17. The topological polar surface area (TPSA) is 103 Å². The van der Waals surface area contributed by atoms with Gasteiger partial charge in [0.25, 0.3) is 0 Å². The minimum absolute atomic E-state index is 0.355. The molecular formula is C12H14N6OS. The van der Waals surface area contributed by atoms with E-state index >= 15 is 0 Å². The average Bonchev–Trinajstić information content (AvgIpc) is 2.71. The van der Waals surface area contributed by atoms with Crippen molar-refractivity contribution >= 4 is 11.8 Å². The maximum atomic E-state index is 9.34. The van der Waals surface area contributed by atoms with E-state index in [4.69, 9.17) is 10.6 Å². The summed E-state index contributed by atoms with van der Waals surface area (Å²) >= 11 is 1.22. The SMILES string of the molecule is COCc1cc(C)nc(Sc2nnc(C)n2N)c1C#N. The highest BCUT2D eigenvalue weighted by Gasteiger charge is 2.16. The number of ether oxygens (including phenoxy) is 1. The van der Waals surface area contributed by atoms with Crippen molar-refractivity contribution in [1.29, 1.82) is 5.26 Å². The highest BCUT2D eigenvalue weighted by atomic mass is 32.2. The average molecular weight is 290 g/mol. The van der Waals surface area contributed by atoms with Crippen LogP contribution in [0.3, 0.4) is 0 Å². The number of aryl methyl sites for hydroxylation is 2. The molecule has 0 unspecified atom stereocenters. The van der Waals surface area contributed by atoms with Gasteiger partial charge in [0.2, 0.25) is 5.16 Å². The summed E-state index contributed by atoms with van der Waals surface area (Å²) in [6, 6.07) is 4.00. The molecular weight excluding hydrogens is 276 g/mol. The summed E-state index contributed by atoms with van der Waals surface area (Å²) in [7, 11) is 1.59. The van der Waals surface area contributed by atoms with Crippen molar-refractivity contribution in [3.8, 4) is 6.07 Å². The lowest BCUT2D eigenvalue weighted by molar-refractivity contribution is 0.184. The molecule has 8 heteroatoms. The molecule has 2 rings (SSSR count). The van der Waals surface area contributed by atoms with Crippen LogP contribution < -0.4 is 5.84 Å². The van der Waals surface area contributed by atoms with E-state index in [0.29, 0.717) is 28.2 Å². The van der Waals surface area contributed by atoms with Crippen LogP contribution in [-0.2, 0) is 11.3 Å². The molecule has 0 aliphatic rings. The van der Waals surface area contributed by atoms with E-state index in [1.54, 1.807) is 14.0 Å². The Hall–Kier alpha value is -2.11. The second-order valence-corrected chi connectivity index (χ2v) is 5.11. The van der Waals surface area contributed by atoms with Gasteiger partial charge in [0.15, 0.2) is 0 Å². The molecule has 2 aromatic rings. The maximum Gasteiger partial charge on any atom is 0.216 e. The first-order valence-corrected chi connectivity index (χ1v) is 6.63. The van der Waals surface area contributed by atoms with Gasteiger partial charge in [0.05, 0.1) is 12.2 Å². The molecule has 0 amide bonds. The lowest BCUT2D eigenvalue weighted by Crippen LogP contribution is -2.11. The van der Waals surface area contributed by atoms with Gasteiger partial charge in [-0.3, -0.25) is 0 Å². The Morgan fingerprint density at radius 2 is 2.20 bits per heavy atom. The maximum absolute atomic E-state index is 9.34. The first-order chi connectivity index (χ1) is 9.56. The number of methoxy groups -OCH3 is 1. The van der Waals surface area contributed by atoms with E-state index in [1.165, 1.54) is 16.4 Å². The lowest BCUT2D eigenvalue weighted by Gasteiger charge is -2.09. The van der Waals surface area contributed by atoms with E-state index in [2.05, 4.69) is 21.3 Å². The van der Waals surface area contributed by atoms with Crippen LogP contribution in [-0.4, -0.2) is 27.0 Å². The smallest absolute Gasteiger partial charge is 0.216 e. The van der Waals surface area contributed by atoms with Crippen molar-refractivity contribution in [3.05, 3.63) is 28.7 Å². The number of pyridine rings is 1. The molecule has 0 bridgehead atoms. The van der Waals surface area contributed by atoms with Gasteiger partial charge in [-0.05, 0) is 31.7 Å². The first kappa shape index (κ1) is 14.3. The van der Waals surface area contributed by atoms with Crippen molar-refractivity contribution in [2.24, 2.45) is 0 Å². The highest BCUT2D eigenvalue weighted by Crippen LogP contribution is 2.29. The summed E-state index contributed by atoms with van der Waals surface area (Å²) < 4.78 is 6.48. The monoisotopic (exact) mass is 290 g/mol. The fourth-order valence-corrected chi connectivity index (χ4v) is 2.63. The molecule has 0 atom stereocenters. The molecule has 0 spiro atoms. The molecule has 0 fully saturated rings. The van der Waals surface area contributed by atoms with E-state index in [0.717, 1.165) is 11.3 Å². The quantitative estimate of drug-likeness (QED) is 0.843. The molecule has 0 saturated carbocycles. The van der Waals surface area contributed by atoms with Crippen LogP contribution in [0.15, 0.2) is 16.2 Å². The van der Waals surface area contributed by atoms with Gasteiger partial charge in [-0.2, -0.15) is 5.26 Å². The number of nitrogens with zero attached hydrogens (tertiary/aromatic N) is 5. The van der Waals surface area contributed by atoms with Crippen LogP contribution in [0, 0.1) is 25.2 Å². The Balaban J connectivity index is 2.46. The zero-order valence-corrected chi connectivity index (χ0v) is 12.2. The Labute approximate surface area is 120 Å². The summed E-state index contributed by atoms with van der Waals surface area (Å²) in [6.45, 7) is 3.97. The van der Waals surface area contributed by atoms with Crippen molar-refractivity contribution in [1.82, 2.24) is 19.9 Å². The van der Waals surface area contributed by atoms with E-state index in [-0.39, 0.29) is 0 Å². The van der Waals surface area contributed by atoms with Gasteiger partial charge in [-0.1, -0.05) is 0 Å². The van der Waals surface area contributed by atoms with Crippen molar-refractivity contribution in [2.75, 3.05) is 13.0 Å². The van der Waals surface area contributed by atoms with E-state index < -0.39 is 0 Å². The summed E-state index contributed by atoms with van der Waals surface area (Å²) in [5, 5.41) is 18.2. The van der Waals surface area contributed by atoms with E-state index in [1.807, 2.05) is 13.0 Å². The van der Waals surface area contributed by atoms with Gasteiger partial charge in [-0.15, -0.1) is 10.2 Å². The molecule has 0 saturated heterocycles. The summed E-state index contributed by atoms with van der Waals surface area (Å²) in [5.74, 6) is 6.41. The largest absolute Gasteiger partial charge is 0.380 e. The van der Waals surface area contributed by atoms with Crippen LogP contribution in [0.4, 0.5) is 0 Å². The van der Waals surface area contributed by atoms with Crippen LogP contribution in [0.25, 0.3) is 0 Å². The lowest BCUT2D eigenvalue weighted by atomic mass is 10.1. The molecule has 2 N–H and O–H groups in total. The van der Waals surface area contributed by atoms with Gasteiger partial charge in [0.1, 0.15) is 16.9 Å². The first-order valence-electron chi connectivity index (χ1n) is 5.81. The fourth-order valence-electron chi connectivity index (χ4n) is 1.68. The normalized spacial score (nSPS) is 10.5. The highest BCUT2D eigenvalue weighted by molar-refractivity contribution is 7.99. The second kappa shape index (κ2) is 5.90. The molecule has 0 aromatic carbocycles. The van der Waals surface area contributed by atoms with Crippen LogP contribution >= 0.6 is 11.8 Å². The molecule has 20 heavy (non-hydrogen) atoms. The summed E-state index contributed by atoms with van der Waals surface area (Å²) in [6.07, 6.45) is 0. The predicted molar refractivity (Wildman–Crippen MR) is 73.4 cm³/mol. The molecule has 2 aromatic heterocycles. The van der Waals surface area contributed by atoms with Gasteiger partial charge in [-0.25, -0.2) is 9.66 Å². The number of hydrogen-bond acceptors (Lipinski definition) is 7. The van der Waals surface area contributed by atoms with Crippen molar-refractivity contribution < 1.29 is 4.74 Å². The van der Waals surface area contributed by atoms with Crippen LogP contribution in [0.1, 0.15) is 22.6 Å². The fraction of sp³-hybridized carbons (Fsp3) is 0.333. The standard InChI is InChI=1S/C12H14N6OS/c1-7-4-9(6-19-3)10(5-13)11(15-7)20-12-17-16-8(2)18(12)14/h4H,6,14H2,1-3H3. The van der Waals surface area contributed by atoms with Gasteiger partial charge >= 0.3 is 0 Å². The minimum Gasteiger partial charge on any atom is -0.380 e. The van der Waals surface area contributed by atoms with E-state index in [9.17, 15) is 5.26 Å². The second-order valence-electron chi connectivity index (χ2n) is 4.15. The summed E-state index contributed by atoms with van der Waals surface area (Å²) in [4.78, 5) is 4.38. The van der Waals surface area contributed by atoms with Crippen molar-refractivity contribution in [2.45, 2.75) is 30.6 Å². The zero-order valence-electron chi connectivity index (χ0n) is 11.4. The van der Waals surface area contributed by atoms with Crippen molar-refractivity contribution in [3.63, 3.8) is 0 Å². The molecule has 7 nitrogen and oxygen atoms in total. The number of nitriles is 1. The number of aromatic nitrogens is 4. The number of nitrogens with two attached hydrogens (primary N) is 1. The zero-order chi connectivity index (χ0) is 14.7. The third kappa shape index (κ3) is 2.74.